The van der Waals surface area contributed by atoms with E-state index >= 15 is 0 Å². The fourth-order valence-corrected chi connectivity index (χ4v) is 1.98. The van der Waals surface area contributed by atoms with E-state index in [0.717, 1.165) is 19.0 Å². The number of hydrogen-bond donors (Lipinski definition) is 1. The maximum atomic E-state index is 3.48. The molecule has 0 aliphatic rings. The zero-order valence-electron chi connectivity index (χ0n) is 10.3. The summed E-state index contributed by atoms with van der Waals surface area (Å²) in [5.74, 6) is 0.760. The molecule has 0 spiro atoms. The van der Waals surface area contributed by atoms with E-state index in [-0.39, 0.29) is 0 Å². The number of hydrogen-bond acceptors (Lipinski definition) is 1. The molecule has 0 radical (unpaired) electrons. The molecular formula is C14H22IN. The molecule has 0 aliphatic heterocycles. The first-order valence-electron chi connectivity index (χ1n) is 6.13. The highest BCUT2D eigenvalue weighted by molar-refractivity contribution is 14.1. The van der Waals surface area contributed by atoms with Crippen LogP contribution in [0.4, 0.5) is 0 Å². The Balaban J connectivity index is 2.05. The van der Waals surface area contributed by atoms with Crippen molar-refractivity contribution < 1.29 is 0 Å². The summed E-state index contributed by atoms with van der Waals surface area (Å²) >= 11 is 2.35. The Labute approximate surface area is 113 Å². The zero-order chi connectivity index (χ0) is 11.8. The highest BCUT2D eigenvalue weighted by Crippen LogP contribution is 2.09. The third-order valence-electron chi connectivity index (χ3n) is 2.53. The van der Waals surface area contributed by atoms with Crippen LogP contribution in [0.1, 0.15) is 32.3 Å². The SMILES string of the molecule is CC(C)CNCCCCc1ccc(I)cc1. The van der Waals surface area contributed by atoms with Gasteiger partial charge in [-0.2, -0.15) is 0 Å². The van der Waals surface area contributed by atoms with Gasteiger partial charge in [-0.3, -0.25) is 0 Å². The molecule has 0 fully saturated rings. The van der Waals surface area contributed by atoms with Crippen molar-refractivity contribution in [3.05, 3.63) is 33.4 Å². The second-order valence-electron chi connectivity index (χ2n) is 4.68. The van der Waals surface area contributed by atoms with Crippen LogP contribution in [-0.4, -0.2) is 13.1 Å². The number of nitrogens with one attached hydrogen (secondary N) is 1. The van der Waals surface area contributed by atoms with Gasteiger partial charge in [0.2, 0.25) is 0 Å². The van der Waals surface area contributed by atoms with Gasteiger partial charge in [0.1, 0.15) is 0 Å². The van der Waals surface area contributed by atoms with E-state index in [0.29, 0.717) is 0 Å². The molecule has 90 valence electrons. The van der Waals surface area contributed by atoms with Gasteiger partial charge in [0, 0.05) is 3.57 Å². The third kappa shape index (κ3) is 6.48. The van der Waals surface area contributed by atoms with Crippen LogP contribution in [0.3, 0.4) is 0 Å². The van der Waals surface area contributed by atoms with Crippen molar-refractivity contribution in [3.8, 4) is 0 Å². The Bertz CT molecular complexity index is 279. The van der Waals surface area contributed by atoms with Crippen LogP contribution in [-0.2, 0) is 6.42 Å². The minimum atomic E-state index is 0.760. The molecule has 16 heavy (non-hydrogen) atoms. The molecule has 1 rings (SSSR count). The van der Waals surface area contributed by atoms with Crippen LogP contribution < -0.4 is 5.32 Å². The van der Waals surface area contributed by atoms with Crippen molar-refractivity contribution >= 4 is 22.6 Å². The molecule has 0 bridgehead atoms. The molecule has 0 saturated heterocycles. The van der Waals surface area contributed by atoms with Crippen molar-refractivity contribution in [2.24, 2.45) is 5.92 Å². The van der Waals surface area contributed by atoms with Gasteiger partial charge in [-0.1, -0.05) is 26.0 Å². The fourth-order valence-electron chi connectivity index (χ4n) is 1.62. The van der Waals surface area contributed by atoms with Crippen LogP contribution >= 0.6 is 22.6 Å². The molecule has 1 nitrogen and oxygen atoms in total. The standard InChI is InChI=1S/C14H22IN/c1-12(2)11-16-10-4-3-5-13-6-8-14(15)9-7-13/h6-9,12,16H,3-5,10-11H2,1-2H3. The Kier molecular flexibility index (Phi) is 7.05. The lowest BCUT2D eigenvalue weighted by Crippen LogP contribution is -2.20. The average Bonchev–Trinajstić information content (AvgIpc) is 2.25. The van der Waals surface area contributed by atoms with Crippen LogP contribution in [0.15, 0.2) is 24.3 Å². The van der Waals surface area contributed by atoms with E-state index in [9.17, 15) is 0 Å². The summed E-state index contributed by atoms with van der Waals surface area (Å²) in [6.07, 6.45) is 3.77. The maximum Gasteiger partial charge on any atom is 0.0130 e. The normalized spacial score (nSPS) is 11.0. The van der Waals surface area contributed by atoms with Gasteiger partial charge in [0.15, 0.2) is 0 Å². The monoisotopic (exact) mass is 331 g/mol. The number of benzene rings is 1. The van der Waals surface area contributed by atoms with E-state index in [1.54, 1.807) is 0 Å². The topological polar surface area (TPSA) is 12.0 Å². The molecule has 0 unspecified atom stereocenters. The van der Waals surface area contributed by atoms with Crippen molar-refractivity contribution in [1.29, 1.82) is 0 Å². The second kappa shape index (κ2) is 8.07. The first-order valence-corrected chi connectivity index (χ1v) is 7.21. The molecule has 0 saturated carbocycles. The van der Waals surface area contributed by atoms with Crippen molar-refractivity contribution in [2.45, 2.75) is 33.1 Å². The molecule has 2 heteroatoms. The molecular weight excluding hydrogens is 309 g/mol. The van der Waals surface area contributed by atoms with Gasteiger partial charge >= 0.3 is 0 Å². The number of unbranched alkanes of at least 4 members (excludes halogenated alkanes) is 1. The summed E-state index contributed by atoms with van der Waals surface area (Å²) in [6, 6.07) is 8.85. The molecule has 1 aromatic rings. The molecule has 0 aromatic heterocycles. The van der Waals surface area contributed by atoms with Crippen LogP contribution in [0.25, 0.3) is 0 Å². The van der Waals surface area contributed by atoms with Crippen molar-refractivity contribution in [2.75, 3.05) is 13.1 Å². The van der Waals surface area contributed by atoms with Gasteiger partial charge in [-0.15, -0.1) is 0 Å². The van der Waals surface area contributed by atoms with Crippen LogP contribution in [0.2, 0.25) is 0 Å². The van der Waals surface area contributed by atoms with Gasteiger partial charge in [0.25, 0.3) is 0 Å². The van der Waals surface area contributed by atoms with Crippen LogP contribution in [0.5, 0.6) is 0 Å². The van der Waals surface area contributed by atoms with E-state index in [2.05, 4.69) is 66.0 Å². The van der Waals surface area contributed by atoms with Crippen molar-refractivity contribution in [3.63, 3.8) is 0 Å². The molecule has 0 atom stereocenters. The van der Waals surface area contributed by atoms with E-state index in [1.807, 2.05) is 0 Å². The largest absolute Gasteiger partial charge is 0.316 e. The smallest absolute Gasteiger partial charge is 0.0130 e. The van der Waals surface area contributed by atoms with E-state index < -0.39 is 0 Å². The Morgan fingerprint density at radius 1 is 1.12 bits per heavy atom. The quantitative estimate of drug-likeness (QED) is 0.591. The predicted octanol–water partition coefficient (Wildman–Crippen LogP) is 3.86. The van der Waals surface area contributed by atoms with E-state index in [4.69, 9.17) is 0 Å². The Hall–Kier alpha value is -0.0900. The first kappa shape index (κ1) is 14.0. The van der Waals surface area contributed by atoms with Gasteiger partial charge in [-0.25, -0.2) is 0 Å². The summed E-state index contributed by atoms with van der Waals surface area (Å²) < 4.78 is 1.32. The van der Waals surface area contributed by atoms with Gasteiger partial charge in [0.05, 0.1) is 0 Å². The molecule has 1 aromatic carbocycles. The highest BCUT2D eigenvalue weighted by atomic mass is 127. The summed E-state index contributed by atoms with van der Waals surface area (Å²) in [7, 11) is 0. The maximum absolute atomic E-state index is 3.48. The molecule has 1 N–H and O–H groups in total. The summed E-state index contributed by atoms with van der Waals surface area (Å²) in [4.78, 5) is 0. The molecule has 0 amide bonds. The third-order valence-corrected chi connectivity index (χ3v) is 3.25. The minimum Gasteiger partial charge on any atom is -0.316 e. The fraction of sp³-hybridized carbons (Fsp3) is 0.571. The Morgan fingerprint density at radius 2 is 1.81 bits per heavy atom. The average molecular weight is 331 g/mol. The van der Waals surface area contributed by atoms with Crippen LogP contribution in [0, 0.1) is 9.49 Å². The molecule has 0 aliphatic carbocycles. The van der Waals surface area contributed by atoms with E-state index in [1.165, 1.54) is 28.4 Å². The van der Waals surface area contributed by atoms with Gasteiger partial charge in [-0.05, 0) is 78.6 Å². The lowest BCUT2D eigenvalue weighted by atomic mass is 10.1. The van der Waals surface area contributed by atoms with Crippen molar-refractivity contribution in [1.82, 2.24) is 5.32 Å². The summed E-state index contributed by atoms with van der Waals surface area (Å²) in [5, 5.41) is 3.48. The first-order chi connectivity index (χ1) is 7.68. The Morgan fingerprint density at radius 3 is 2.44 bits per heavy atom. The zero-order valence-corrected chi connectivity index (χ0v) is 12.5. The molecule has 0 heterocycles. The van der Waals surface area contributed by atoms with Gasteiger partial charge < -0.3 is 5.32 Å². The highest BCUT2D eigenvalue weighted by Gasteiger charge is 1.95. The lowest BCUT2D eigenvalue weighted by molar-refractivity contribution is 0.535. The number of halogens is 1. The second-order valence-corrected chi connectivity index (χ2v) is 5.93. The predicted molar refractivity (Wildman–Crippen MR) is 79.8 cm³/mol. The lowest BCUT2D eigenvalue weighted by Gasteiger charge is -2.07. The number of rotatable bonds is 7. The minimum absolute atomic E-state index is 0.760. The summed E-state index contributed by atoms with van der Waals surface area (Å²) in [5.41, 5.74) is 1.46. The summed E-state index contributed by atoms with van der Waals surface area (Å²) in [6.45, 7) is 6.79. The number of aryl methyl sites for hydroxylation is 1.